The van der Waals surface area contributed by atoms with E-state index in [1.54, 1.807) is 6.92 Å². The number of esters is 1. The van der Waals surface area contributed by atoms with Crippen molar-refractivity contribution < 1.29 is 33.0 Å². The molecule has 0 bridgehead atoms. The lowest BCUT2D eigenvalue weighted by Gasteiger charge is -2.30. The Morgan fingerprint density at radius 1 is 1.03 bits per heavy atom. The minimum absolute atomic E-state index is 0.111. The molecule has 8 heteroatoms. The lowest BCUT2D eigenvalue weighted by molar-refractivity contribution is -0.143. The number of carbonyl (C=O) groups excluding carboxylic acids is 1. The summed E-state index contributed by atoms with van der Waals surface area (Å²) in [6.07, 6.45) is -0.557. The molecule has 0 aliphatic carbocycles. The van der Waals surface area contributed by atoms with E-state index in [0.29, 0.717) is 5.70 Å². The molecular formula is C24H23F2NO5. The van der Waals surface area contributed by atoms with Crippen LogP contribution in [0.3, 0.4) is 0 Å². The Labute approximate surface area is 184 Å². The Balaban J connectivity index is 1.98. The molecule has 0 saturated heterocycles. The van der Waals surface area contributed by atoms with Crippen molar-refractivity contribution >= 4 is 11.9 Å². The predicted octanol–water partition coefficient (Wildman–Crippen LogP) is 4.22. The number of aliphatic carboxylic acids is 1. The summed E-state index contributed by atoms with van der Waals surface area (Å²) >= 11 is 0. The zero-order valence-electron chi connectivity index (χ0n) is 17.8. The molecule has 0 fully saturated rings. The third kappa shape index (κ3) is 4.55. The zero-order chi connectivity index (χ0) is 23.4. The Hall–Kier alpha value is -3.52. The van der Waals surface area contributed by atoms with Gasteiger partial charge in [0.25, 0.3) is 0 Å². The summed E-state index contributed by atoms with van der Waals surface area (Å²) in [5, 5.41) is 12.6. The minimum Gasteiger partial charge on any atom is -0.478 e. The first-order chi connectivity index (χ1) is 15.3. The fourth-order valence-electron chi connectivity index (χ4n) is 3.80. The quantitative estimate of drug-likeness (QED) is 0.624. The first kappa shape index (κ1) is 23.1. The average Bonchev–Trinajstić information content (AvgIpc) is 2.76. The summed E-state index contributed by atoms with van der Waals surface area (Å²) in [4.78, 5) is 25.1. The van der Waals surface area contributed by atoms with Crippen molar-refractivity contribution in [3.8, 4) is 0 Å². The number of ether oxygens (including phenoxy) is 2. The predicted molar refractivity (Wildman–Crippen MR) is 112 cm³/mol. The van der Waals surface area contributed by atoms with Gasteiger partial charge in [-0.1, -0.05) is 42.5 Å². The monoisotopic (exact) mass is 443 g/mol. The van der Waals surface area contributed by atoms with Crippen LogP contribution in [0.4, 0.5) is 8.78 Å². The van der Waals surface area contributed by atoms with Gasteiger partial charge in [0.1, 0.15) is 12.7 Å². The number of rotatable bonds is 7. The summed E-state index contributed by atoms with van der Waals surface area (Å²) in [5.74, 6) is -5.93. The van der Waals surface area contributed by atoms with Crippen molar-refractivity contribution in [3.63, 3.8) is 0 Å². The number of carboxylic acids is 1. The third-order valence-electron chi connectivity index (χ3n) is 5.32. The molecule has 1 heterocycles. The molecule has 32 heavy (non-hydrogen) atoms. The minimum atomic E-state index is -1.36. The van der Waals surface area contributed by atoms with E-state index in [4.69, 9.17) is 9.47 Å². The molecule has 0 aromatic heterocycles. The first-order valence-corrected chi connectivity index (χ1v) is 9.86. The van der Waals surface area contributed by atoms with E-state index in [0.717, 1.165) is 11.6 Å². The van der Waals surface area contributed by atoms with Gasteiger partial charge in [-0.25, -0.2) is 18.4 Å². The molecule has 2 aromatic carbocycles. The summed E-state index contributed by atoms with van der Waals surface area (Å²) in [6, 6.07) is 12.5. The second kappa shape index (κ2) is 9.74. The molecule has 1 aliphatic rings. The Bertz CT molecular complexity index is 1090. The molecule has 0 radical (unpaired) electrons. The van der Waals surface area contributed by atoms with Crippen molar-refractivity contribution in [2.24, 2.45) is 0 Å². The molecule has 0 spiro atoms. The number of hydrogen-bond acceptors (Lipinski definition) is 5. The second-order valence-electron chi connectivity index (χ2n) is 7.32. The van der Waals surface area contributed by atoms with Crippen LogP contribution in [0.25, 0.3) is 0 Å². The maximum Gasteiger partial charge on any atom is 0.336 e. The van der Waals surface area contributed by atoms with Gasteiger partial charge in [-0.15, -0.1) is 0 Å². The van der Waals surface area contributed by atoms with Crippen LogP contribution in [0.5, 0.6) is 0 Å². The van der Waals surface area contributed by atoms with E-state index in [1.165, 1.54) is 26.2 Å². The standard InChI is InChI=1S/C24H23F2NO5/c1-13-19(23(28)29)21(16-10-7-11-17(25)22(16)26)20(14(2)27-13)24(30)32-12-18(31-3)15-8-5-4-6-9-15/h4-11,18,21,27H,12H2,1-3H3,(H,28,29)/t18-,21?/m1/s1. The molecule has 168 valence electrons. The number of benzene rings is 2. The van der Waals surface area contributed by atoms with Gasteiger partial charge in [-0.3, -0.25) is 0 Å². The number of carbonyl (C=O) groups is 2. The molecule has 6 nitrogen and oxygen atoms in total. The van der Waals surface area contributed by atoms with E-state index in [2.05, 4.69) is 5.32 Å². The molecule has 0 saturated carbocycles. The normalized spacial score (nSPS) is 17.1. The first-order valence-electron chi connectivity index (χ1n) is 9.86. The van der Waals surface area contributed by atoms with Crippen LogP contribution < -0.4 is 5.32 Å². The summed E-state index contributed by atoms with van der Waals surface area (Å²) in [6.45, 7) is 2.89. The van der Waals surface area contributed by atoms with E-state index in [1.807, 2.05) is 30.3 Å². The SMILES string of the molecule is CO[C@H](COC(=O)C1=C(C)NC(C)=C(C(=O)O)C1c1cccc(F)c1F)c1ccccc1. The maximum absolute atomic E-state index is 14.7. The molecule has 1 aliphatic heterocycles. The molecule has 2 atom stereocenters. The highest BCUT2D eigenvalue weighted by Gasteiger charge is 2.39. The van der Waals surface area contributed by atoms with E-state index in [9.17, 15) is 23.5 Å². The van der Waals surface area contributed by atoms with Gasteiger partial charge in [0.05, 0.1) is 17.1 Å². The molecule has 2 aromatic rings. The van der Waals surface area contributed by atoms with Crippen LogP contribution in [-0.2, 0) is 19.1 Å². The Morgan fingerprint density at radius 3 is 2.31 bits per heavy atom. The van der Waals surface area contributed by atoms with Crippen LogP contribution in [-0.4, -0.2) is 30.8 Å². The molecular weight excluding hydrogens is 420 g/mol. The zero-order valence-corrected chi connectivity index (χ0v) is 17.8. The van der Waals surface area contributed by atoms with Crippen molar-refractivity contribution in [3.05, 3.63) is 93.8 Å². The van der Waals surface area contributed by atoms with Crippen LogP contribution >= 0.6 is 0 Å². The molecule has 1 unspecified atom stereocenters. The molecule has 3 rings (SSSR count). The Kier molecular flexibility index (Phi) is 7.05. The summed E-state index contributed by atoms with van der Waals surface area (Å²) < 4.78 is 39.5. The number of hydrogen-bond donors (Lipinski definition) is 2. The molecule has 0 amide bonds. The van der Waals surface area contributed by atoms with Gasteiger partial charge >= 0.3 is 11.9 Å². The van der Waals surface area contributed by atoms with Gasteiger partial charge in [0.15, 0.2) is 11.6 Å². The number of nitrogens with one attached hydrogen (secondary N) is 1. The highest BCUT2D eigenvalue weighted by Crippen LogP contribution is 2.40. The van der Waals surface area contributed by atoms with Gasteiger partial charge < -0.3 is 19.9 Å². The van der Waals surface area contributed by atoms with Crippen molar-refractivity contribution in [2.45, 2.75) is 25.9 Å². The smallest absolute Gasteiger partial charge is 0.336 e. The lowest BCUT2D eigenvalue weighted by Crippen LogP contribution is -2.32. The highest BCUT2D eigenvalue weighted by molar-refractivity contribution is 5.99. The number of carboxylic acid groups (broad SMARTS) is 1. The maximum atomic E-state index is 14.7. The van der Waals surface area contributed by atoms with Gasteiger partial charge in [-0.05, 0) is 25.5 Å². The molecule has 2 N–H and O–H groups in total. The van der Waals surface area contributed by atoms with Gasteiger partial charge in [-0.2, -0.15) is 0 Å². The number of methoxy groups -OCH3 is 1. The summed E-state index contributed by atoms with van der Waals surface area (Å²) in [5.41, 5.74) is 0.656. The van der Waals surface area contributed by atoms with E-state index >= 15 is 0 Å². The van der Waals surface area contributed by atoms with Crippen LogP contribution in [0.1, 0.15) is 37.0 Å². The van der Waals surface area contributed by atoms with E-state index in [-0.39, 0.29) is 29.0 Å². The Morgan fingerprint density at radius 2 is 1.69 bits per heavy atom. The number of dihydropyridines is 1. The highest BCUT2D eigenvalue weighted by atomic mass is 19.2. The van der Waals surface area contributed by atoms with Gasteiger partial charge in [0, 0.05) is 24.1 Å². The fourth-order valence-corrected chi connectivity index (χ4v) is 3.80. The van der Waals surface area contributed by atoms with Crippen molar-refractivity contribution in [1.82, 2.24) is 5.32 Å². The fraction of sp³-hybridized carbons (Fsp3) is 0.250. The van der Waals surface area contributed by atoms with Crippen LogP contribution in [0, 0.1) is 11.6 Å². The number of halogens is 2. The topological polar surface area (TPSA) is 84.9 Å². The van der Waals surface area contributed by atoms with Crippen LogP contribution in [0.15, 0.2) is 71.1 Å². The van der Waals surface area contributed by atoms with E-state index < -0.39 is 35.6 Å². The number of allylic oxidation sites excluding steroid dienone is 2. The van der Waals surface area contributed by atoms with Gasteiger partial charge in [0.2, 0.25) is 0 Å². The summed E-state index contributed by atoms with van der Waals surface area (Å²) in [7, 11) is 1.47. The largest absolute Gasteiger partial charge is 0.478 e. The van der Waals surface area contributed by atoms with Crippen LogP contribution in [0.2, 0.25) is 0 Å². The van der Waals surface area contributed by atoms with Crippen molar-refractivity contribution in [2.75, 3.05) is 13.7 Å². The second-order valence-corrected chi connectivity index (χ2v) is 7.32. The third-order valence-corrected chi connectivity index (χ3v) is 5.32. The van der Waals surface area contributed by atoms with Crippen molar-refractivity contribution in [1.29, 1.82) is 0 Å². The average molecular weight is 443 g/mol. The lowest BCUT2D eigenvalue weighted by atomic mass is 9.80.